The second-order valence-electron chi connectivity index (χ2n) is 4.05. The third-order valence-electron chi connectivity index (χ3n) is 2.60. The summed E-state index contributed by atoms with van der Waals surface area (Å²) in [5, 5.41) is 28.2. The molecule has 1 unspecified atom stereocenters. The molecule has 0 saturated carbocycles. The number of aliphatic carboxylic acids is 1. The molecule has 0 aliphatic heterocycles. The van der Waals surface area contributed by atoms with E-state index in [-0.39, 0.29) is 11.5 Å². The van der Waals surface area contributed by atoms with Crippen LogP contribution in [0.3, 0.4) is 0 Å². The standard InChI is InChI=1S/C13H17NO4S/c1-8(10-7-9(15)3-4-12(10)16)14-11(13(17)18)5-6-19-2/h3-4,7,11,15-16H,5-6H2,1-2H3,(H,17,18)/b14-8-. The van der Waals surface area contributed by atoms with Gasteiger partial charge in [0.1, 0.15) is 17.5 Å². The molecule has 1 atom stereocenters. The Morgan fingerprint density at radius 2 is 2.11 bits per heavy atom. The first-order valence-electron chi connectivity index (χ1n) is 5.74. The third-order valence-corrected chi connectivity index (χ3v) is 3.24. The van der Waals surface area contributed by atoms with Crippen LogP contribution in [0.1, 0.15) is 18.9 Å². The smallest absolute Gasteiger partial charge is 0.328 e. The zero-order valence-corrected chi connectivity index (χ0v) is 11.6. The molecule has 0 radical (unpaired) electrons. The lowest BCUT2D eigenvalue weighted by molar-refractivity contribution is -0.138. The van der Waals surface area contributed by atoms with Crippen LogP contribution >= 0.6 is 11.8 Å². The van der Waals surface area contributed by atoms with Crippen LogP contribution < -0.4 is 0 Å². The van der Waals surface area contributed by atoms with Crippen molar-refractivity contribution in [2.24, 2.45) is 4.99 Å². The molecule has 0 saturated heterocycles. The van der Waals surface area contributed by atoms with Crippen LogP contribution in [0.2, 0.25) is 0 Å². The zero-order chi connectivity index (χ0) is 14.4. The molecule has 0 heterocycles. The molecule has 1 aromatic rings. The number of phenols is 2. The van der Waals surface area contributed by atoms with Crippen LogP contribution in [-0.4, -0.2) is 45.1 Å². The van der Waals surface area contributed by atoms with Crippen molar-refractivity contribution in [3.05, 3.63) is 23.8 Å². The molecule has 104 valence electrons. The summed E-state index contributed by atoms with van der Waals surface area (Å²) in [5.74, 6) is -0.334. The molecule has 1 aromatic carbocycles. The number of nitrogens with zero attached hydrogens (tertiary/aromatic N) is 1. The Kier molecular flexibility index (Phi) is 5.69. The van der Waals surface area contributed by atoms with E-state index in [9.17, 15) is 15.0 Å². The summed E-state index contributed by atoms with van der Waals surface area (Å²) in [6.45, 7) is 1.61. The highest BCUT2D eigenvalue weighted by molar-refractivity contribution is 7.98. The van der Waals surface area contributed by atoms with Crippen LogP contribution in [0.15, 0.2) is 23.2 Å². The van der Waals surface area contributed by atoms with Crippen LogP contribution in [0.5, 0.6) is 11.5 Å². The van der Waals surface area contributed by atoms with Crippen molar-refractivity contribution in [1.29, 1.82) is 0 Å². The summed E-state index contributed by atoms with van der Waals surface area (Å²) in [6, 6.07) is 3.23. The average molecular weight is 283 g/mol. The fourth-order valence-electron chi connectivity index (χ4n) is 1.59. The van der Waals surface area contributed by atoms with Crippen molar-refractivity contribution in [3.63, 3.8) is 0 Å². The summed E-state index contributed by atoms with van der Waals surface area (Å²) in [4.78, 5) is 15.2. The number of aromatic hydroxyl groups is 2. The number of carboxylic acids is 1. The molecular weight excluding hydrogens is 266 g/mol. The maximum absolute atomic E-state index is 11.1. The Hall–Kier alpha value is -1.69. The Labute approximate surface area is 116 Å². The van der Waals surface area contributed by atoms with Gasteiger partial charge in [-0.05, 0) is 43.6 Å². The maximum Gasteiger partial charge on any atom is 0.328 e. The first-order valence-corrected chi connectivity index (χ1v) is 7.13. The van der Waals surface area contributed by atoms with E-state index in [0.717, 1.165) is 0 Å². The first-order chi connectivity index (χ1) is 8.95. The quantitative estimate of drug-likeness (QED) is 0.549. The van der Waals surface area contributed by atoms with Crippen molar-refractivity contribution >= 4 is 23.4 Å². The first kappa shape index (κ1) is 15.4. The highest BCUT2D eigenvalue weighted by atomic mass is 32.2. The topological polar surface area (TPSA) is 90.1 Å². The van der Waals surface area contributed by atoms with E-state index in [1.54, 1.807) is 18.7 Å². The lowest BCUT2D eigenvalue weighted by Crippen LogP contribution is -2.20. The van der Waals surface area contributed by atoms with E-state index in [1.165, 1.54) is 18.2 Å². The minimum Gasteiger partial charge on any atom is -0.508 e. The van der Waals surface area contributed by atoms with Gasteiger partial charge in [0, 0.05) is 11.3 Å². The van der Waals surface area contributed by atoms with Gasteiger partial charge in [-0.3, -0.25) is 4.99 Å². The van der Waals surface area contributed by atoms with E-state index in [1.807, 2.05) is 6.26 Å². The fourth-order valence-corrected chi connectivity index (χ4v) is 2.05. The van der Waals surface area contributed by atoms with Crippen molar-refractivity contribution < 1.29 is 20.1 Å². The lowest BCUT2D eigenvalue weighted by Gasteiger charge is -2.10. The minimum atomic E-state index is -0.993. The van der Waals surface area contributed by atoms with Gasteiger partial charge in [0.2, 0.25) is 0 Å². The van der Waals surface area contributed by atoms with E-state index in [2.05, 4.69) is 4.99 Å². The van der Waals surface area contributed by atoms with E-state index < -0.39 is 12.0 Å². The van der Waals surface area contributed by atoms with Gasteiger partial charge >= 0.3 is 5.97 Å². The molecular formula is C13H17NO4S. The van der Waals surface area contributed by atoms with Gasteiger partial charge in [0.15, 0.2) is 0 Å². The Morgan fingerprint density at radius 1 is 1.42 bits per heavy atom. The molecule has 0 aliphatic carbocycles. The van der Waals surface area contributed by atoms with Crippen LogP contribution in [0.25, 0.3) is 0 Å². The summed E-state index contributed by atoms with van der Waals surface area (Å²) in [5.41, 5.74) is 0.734. The van der Waals surface area contributed by atoms with Crippen molar-refractivity contribution in [3.8, 4) is 11.5 Å². The minimum absolute atomic E-state index is 0.00154. The average Bonchev–Trinajstić information content (AvgIpc) is 2.36. The molecule has 19 heavy (non-hydrogen) atoms. The number of thioether (sulfide) groups is 1. The summed E-state index contributed by atoms with van der Waals surface area (Å²) < 4.78 is 0. The van der Waals surface area contributed by atoms with Gasteiger partial charge in [0.05, 0.1) is 0 Å². The van der Waals surface area contributed by atoms with Gasteiger partial charge < -0.3 is 15.3 Å². The molecule has 0 spiro atoms. The van der Waals surface area contributed by atoms with Gasteiger partial charge in [0.25, 0.3) is 0 Å². The van der Waals surface area contributed by atoms with E-state index >= 15 is 0 Å². The molecule has 5 nitrogen and oxygen atoms in total. The van der Waals surface area contributed by atoms with Gasteiger partial charge in [-0.2, -0.15) is 11.8 Å². The number of phenolic OH excluding ortho intramolecular Hbond substituents is 2. The monoisotopic (exact) mass is 283 g/mol. The highest BCUT2D eigenvalue weighted by Crippen LogP contribution is 2.23. The molecule has 3 N–H and O–H groups in total. The van der Waals surface area contributed by atoms with Crippen molar-refractivity contribution in [2.75, 3.05) is 12.0 Å². The Morgan fingerprint density at radius 3 is 2.68 bits per heavy atom. The van der Waals surface area contributed by atoms with Crippen molar-refractivity contribution in [1.82, 2.24) is 0 Å². The number of hydrogen-bond donors (Lipinski definition) is 3. The summed E-state index contributed by atoms with van der Waals surface area (Å²) >= 11 is 1.55. The predicted octanol–water partition coefficient (Wildman–Crippen LogP) is 2.11. The Bertz CT molecular complexity index is 488. The van der Waals surface area contributed by atoms with Gasteiger partial charge in [-0.15, -0.1) is 0 Å². The van der Waals surface area contributed by atoms with E-state index in [4.69, 9.17) is 5.11 Å². The van der Waals surface area contributed by atoms with Crippen LogP contribution in [-0.2, 0) is 4.79 Å². The number of hydrogen-bond acceptors (Lipinski definition) is 5. The second-order valence-corrected chi connectivity index (χ2v) is 5.04. The molecule has 0 aromatic heterocycles. The van der Waals surface area contributed by atoms with Crippen LogP contribution in [0.4, 0.5) is 0 Å². The number of carboxylic acid groups (broad SMARTS) is 1. The molecule has 0 fully saturated rings. The zero-order valence-electron chi connectivity index (χ0n) is 10.8. The predicted molar refractivity (Wildman–Crippen MR) is 76.4 cm³/mol. The molecule has 0 amide bonds. The lowest BCUT2D eigenvalue weighted by atomic mass is 10.1. The fraction of sp³-hybridized carbons (Fsp3) is 0.385. The summed E-state index contributed by atoms with van der Waals surface area (Å²) in [6.07, 6.45) is 2.32. The Balaban J connectivity index is 3.00. The molecule has 0 bridgehead atoms. The van der Waals surface area contributed by atoms with Gasteiger partial charge in [-0.25, -0.2) is 4.79 Å². The highest BCUT2D eigenvalue weighted by Gasteiger charge is 2.17. The number of rotatable bonds is 6. The van der Waals surface area contributed by atoms with Gasteiger partial charge in [-0.1, -0.05) is 0 Å². The largest absolute Gasteiger partial charge is 0.508 e. The number of aliphatic imine (C=N–C) groups is 1. The normalized spacial score (nSPS) is 13.3. The maximum atomic E-state index is 11.1. The molecule has 0 aliphatic rings. The van der Waals surface area contributed by atoms with E-state index in [0.29, 0.717) is 23.4 Å². The molecule has 6 heteroatoms. The molecule has 1 rings (SSSR count). The van der Waals surface area contributed by atoms with Crippen molar-refractivity contribution in [2.45, 2.75) is 19.4 Å². The van der Waals surface area contributed by atoms with Crippen LogP contribution in [0, 0.1) is 0 Å². The number of benzene rings is 1. The number of carbonyl (C=O) groups is 1. The summed E-state index contributed by atoms with van der Waals surface area (Å²) in [7, 11) is 0. The second kappa shape index (κ2) is 7.04. The SMILES string of the molecule is CSCCC(/N=C(/C)c1cc(O)ccc1O)C(=O)O. The third kappa shape index (κ3) is 4.48.